The van der Waals surface area contributed by atoms with Crippen LogP contribution in [0.3, 0.4) is 0 Å². The molecule has 0 spiro atoms. The van der Waals surface area contributed by atoms with Crippen molar-refractivity contribution in [2.24, 2.45) is 0 Å². The second kappa shape index (κ2) is 8.27. The predicted molar refractivity (Wildman–Crippen MR) is 106 cm³/mol. The maximum atomic E-state index is 13.2. The number of aromatic amines is 1. The number of likely N-dealkylation sites (tertiary alicyclic amines) is 1. The molecule has 2 saturated heterocycles. The normalized spacial score (nSPS) is 21.7. The van der Waals surface area contributed by atoms with Gasteiger partial charge in [-0.3, -0.25) is 9.89 Å². The Kier molecular flexibility index (Phi) is 5.60. The van der Waals surface area contributed by atoms with Crippen molar-refractivity contribution in [3.63, 3.8) is 0 Å². The van der Waals surface area contributed by atoms with Crippen molar-refractivity contribution in [3.05, 3.63) is 42.1 Å². The van der Waals surface area contributed by atoms with Crippen molar-refractivity contribution >= 4 is 17.7 Å². The van der Waals surface area contributed by atoms with Gasteiger partial charge >= 0.3 is 0 Å². The van der Waals surface area contributed by atoms with Gasteiger partial charge in [-0.2, -0.15) is 16.9 Å². The summed E-state index contributed by atoms with van der Waals surface area (Å²) < 4.78 is 0. The highest BCUT2D eigenvalue weighted by Gasteiger charge is 2.29. The van der Waals surface area contributed by atoms with Crippen molar-refractivity contribution in [1.82, 2.24) is 20.0 Å². The van der Waals surface area contributed by atoms with Crippen molar-refractivity contribution in [1.29, 1.82) is 0 Å². The Morgan fingerprint density at radius 1 is 1.15 bits per heavy atom. The fraction of sp³-hybridized carbons (Fsp3) is 0.500. The molecule has 2 fully saturated rings. The zero-order valence-corrected chi connectivity index (χ0v) is 15.9. The Morgan fingerprint density at radius 2 is 1.96 bits per heavy atom. The minimum Gasteiger partial charge on any atom is -0.332 e. The Bertz CT molecular complexity index is 726. The van der Waals surface area contributed by atoms with Crippen LogP contribution in [0.25, 0.3) is 11.3 Å². The van der Waals surface area contributed by atoms with E-state index in [9.17, 15) is 4.79 Å². The Balaban J connectivity index is 1.51. The molecule has 1 aromatic heterocycles. The molecule has 1 N–H and O–H groups in total. The van der Waals surface area contributed by atoms with Gasteiger partial charge in [0.05, 0.1) is 11.7 Å². The van der Waals surface area contributed by atoms with Gasteiger partial charge in [-0.05, 0) is 44.2 Å². The number of H-pyrrole nitrogens is 1. The third-order valence-electron chi connectivity index (χ3n) is 5.25. The average molecular weight is 371 g/mol. The smallest absolute Gasteiger partial charge is 0.272 e. The number of thioether (sulfide) groups is 1. The third kappa shape index (κ3) is 3.96. The highest BCUT2D eigenvalue weighted by atomic mass is 32.2. The lowest BCUT2D eigenvalue weighted by Gasteiger charge is -2.32. The van der Waals surface area contributed by atoms with Crippen LogP contribution in [0.4, 0.5) is 0 Å². The molecule has 0 saturated carbocycles. The molecule has 138 valence electrons. The molecular formula is C20H26N4OS. The molecule has 2 aliphatic rings. The van der Waals surface area contributed by atoms with Crippen LogP contribution in [-0.2, 0) is 0 Å². The lowest BCUT2D eigenvalue weighted by atomic mass is 10.1. The van der Waals surface area contributed by atoms with E-state index in [1.165, 1.54) is 25.9 Å². The molecule has 3 heterocycles. The van der Waals surface area contributed by atoms with Gasteiger partial charge in [0.2, 0.25) is 0 Å². The minimum absolute atomic E-state index is 0.0892. The number of rotatable bonds is 4. The fourth-order valence-electron chi connectivity index (χ4n) is 3.85. The van der Waals surface area contributed by atoms with Crippen molar-refractivity contribution < 1.29 is 4.79 Å². The monoisotopic (exact) mass is 370 g/mol. The van der Waals surface area contributed by atoms with Gasteiger partial charge in [-0.15, -0.1) is 0 Å². The lowest BCUT2D eigenvalue weighted by molar-refractivity contribution is 0.0660. The zero-order valence-electron chi connectivity index (χ0n) is 15.1. The van der Waals surface area contributed by atoms with Crippen LogP contribution in [-0.4, -0.2) is 69.6 Å². The van der Waals surface area contributed by atoms with E-state index in [2.05, 4.69) is 20.0 Å². The first kappa shape index (κ1) is 17.6. The third-order valence-corrected chi connectivity index (χ3v) is 6.44. The van der Waals surface area contributed by atoms with Crippen LogP contribution >= 0.6 is 11.8 Å². The second-order valence-corrected chi connectivity index (χ2v) is 8.27. The van der Waals surface area contributed by atoms with Gasteiger partial charge in [0.1, 0.15) is 5.69 Å². The van der Waals surface area contributed by atoms with Crippen LogP contribution in [0.1, 0.15) is 29.8 Å². The molecular weight excluding hydrogens is 344 g/mol. The highest BCUT2D eigenvalue weighted by molar-refractivity contribution is 7.99. The molecule has 2 aliphatic heterocycles. The number of nitrogens with one attached hydrogen (secondary N) is 1. The average Bonchev–Trinajstić information content (AvgIpc) is 3.31. The largest absolute Gasteiger partial charge is 0.332 e. The number of benzene rings is 1. The van der Waals surface area contributed by atoms with Gasteiger partial charge in [0, 0.05) is 24.4 Å². The van der Waals surface area contributed by atoms with Gasteiger partial charge in [0.25, 0.3) is 5.91 Å². The standard InChI is InChI=1S/C20H26N4OS/c25-20(19-13-18(21-22-19)16-7-2-1-3-8-16)24-11-6-12-26-15-17(24)14-23-9-4-5-10-23/h1-3,7-8,13,17H,4-6,9-12,14-15H2,(H,21,22). The molecule has 0 radical (unpaired) electrons. The molecule has 26 heavy (non-hydrogen) atoms. The quantitative estimate of drug-likeness (QED) is 0.898. The number of hydrogen-bond acceptors (Lipinski definition) is 4. The summed E-state index contributed by atoms with van der Waals surface area (Å²) in [5, 5.41) is 7.34. The number of carbonyl (C=O) groups is 1. The second-order valence-electron chi connectivity index (χ2n) is 7.12. The summed E-state index contributed by atoms with van der Waals surface area (Å²) in [4.78, 5) is 17.8. The Morgan fingerprint density at radius 3 is 2.77 bits per heavy atom. The van der Waals surface area contributed by atoms with E-state index in [1.807, 2.05) is 48.2 Å². The van der Waals surface area contributed by atoms with Crippen molar-refractivity contribution in [2.75, 3.05) is 37.7 Å². The van der Waals surface area contributed by atoms with E-state index in [0.717, 1.165) is 42.3 Å². The maximum absolute atomic E-state index is 13.2. The van der Waals surface area contributed by atoms with Gasteiger partial charge in [-0.25, -0.2) is 0 Å². The molecule has 4 rings (SSSR count). The maximum Gasteiger partial charge on any atom is 0.272 e. The number of carbonyl (C=O) groups excluding carboxylic acids is 1. The van der Waals surface area contributed by atoms with E-state index in [4.69, 9.17) is 0 Å². The molecule has 6 heteroatoms. The summed E-state index contributed by atoms with van der Waals surface area (Å²) in [6.07, 6.45) is 3.64. The fourth-order valence-corrected chi connectivity index (χ4v) is 4.91. The highest BCUT2D eigenvalue weighted by Crippen LogP contribution is 2.23. The number of nitrogens with zero attached hydrogens (tertiary/aromatic N) is 3. The molecule has 1 amide bonds. The van der Waals surface area contributed by atoms with E-state index in [0.29, 0.717) is 5.69 Å². The summed E-state index contributed by atoms with van der Waals surface area (Å²) >= 11 is 1.98. The van der Waals surface area contributed by atoms with E-state index >= 15 is 0 Å². The molecule has 1 unspecified atom stereocenters. The molecule has 1 atom stereocenters. The predicted octanol–water partition coefficient (Wildman–Crippen LogP) is 3.12. The Labute approximate surface area is 159 Å². The SMILES string of the molecule is O=C(c1cc(-c2ccccc2)n[nH]1)N1CCCSCC1CN1CCCC1. The number of amides is 1. The first-order valence-corrected chi connectivity index (χ1v) is 10.7. The molecule has 0 aliphatic carbocycles. The lowest BCUT2D eigenvalue weighted by Crippen LogP contribution is -2.47. The first-order chi connectivity index (χ1) is 12.8. The topological polar surface area (TPSA) is 52.2 Å². The summed E-state index contributed by atoms with van der Waals surface area (Å²) in [6, 6.07) is 12.2. The van der Waals surface area contributed by atoms with Crippen LogP contribution in [0, 0.1) is 0 Å². The van der Waals surface area contributed by atoms with E-state index in [-0.39, 0.29) is 11.9 Å². The first-order valence-electron chi connectivity index (χ1n) is 9.53. The van der Waals surface area contributed by atoms with E-state index in [1.54, 1.807) is 0 Å². The van der Waals surface area contributed by atoms with Crippen LogP contribution < -0.4 is 0 Å². The van der Waals surface area contributed by atoms with Crippen molar-refractivity contribution in [2.45, 2.75) is 25.3 Å². The van der Waals surface area contributed by atoms with Gasteiger partial charge in [-0.1, -0.05) is 30.3 Å². The zero-order chi connectivity index (χ0) is 17.8. The van der Waals surface area contributed by atoms with Crippen LogP contribution in [0.2, 0.25) is 0 Å². The van der Waals surface area contributed by atoms with E-state index < -0.39 is 0 Å². The van der Waals surface area contributed by atoms with Gasteiger partial charge < -0.3 is 9.80 Å². The minimum atomic E-state index is 0.0892. The molecule has 2 aromatic rings. The van der Waals surface area contributed by atoms with Gasteiger partial charge in [0.15, 0.2) is 0 Å². The molecule has 0 bridgehead atoms. The summed E-state index contributed by atoms with van der Waals surface area (Å²) in [5.41, 5.74) is 2.46. The number of aromatic nitrogens is 2. The van der Waals surface area contributed by atoms with Crippen LogP contribution in [0.15, 0.2) is 36.4 Å². The molecule has 1 aromatic carbocycles. The van der Waals surface area contributed by atoms with Crippen molar-refractivity contribution in [3.8, 4) is 11.3 Å². The molecule has 5 nitrogen and oxygen atoms in total. The summed E-state index contributed by atoms with van der Waals surface area (Å²) in [6.45, 7) is 4.18. The Hall–Kier alpha value is -1.79. The summed E-state index contributed by atoms with van der Waals surface area (Å²) in [7, 11) is 0. The summed E-state index contributed by atoms with van der Waals surface area (Å²) in [5.74, 6) is 2.26. The van der Waals surface area contributed by atoms with Crippen LogP contribution in [0.5, 0.6) is 0 Å². The number of hydrogen-bond donors (Lipinski definition) is 1.